The number of H-pyrrole nitrogens is 1. The number of hydrogen-bond donors (Lipinski definition) is 1. The quantitative estimate of drug-likeness (QED) is 0.945. The smallest absolute Gasteiger partial charge is 0.137 e. The fraction of sp³-hybridized carbons (Fsp3) is 0.529. The summed E-state index contributed by atoms with van der Waals surface area (Å²) in [4.78, 5) is 9.27. The van der Waals surface area contributed by atoms with Gasteiger partial charge in [-0.2, -0.15) is 5.10 Å². The largest absolute Gasteiger partial charge is 0.370 e. The molecule has 0 radical (unpaired) electrons. The van der Waals surface area contributed by atoms with Gasteiger partial charge in [0.1, 0.15) is 18.0 Å². The summed E-state index contributed by atoms with van der Waals surface area (Å²) in [5, 5.41) is 6.97. The average Bonchev–Trinajstić information content (AvgIpc) is 3.28. The fourth-order valence-corrected chi connectivity index (χ4v) is 3.88. The molecule has 4 rings (SSSR count). The minimum atomic E-state index is -0.168. The second kappa shape index (κ2) is 6.28. The Labute approximate surface area is 135 Å². The molecule has 0 amide bonds. The van der Waals surface area contributed by atoms with Crippen LogP contribution in [0.1, 0.15) is 31.0 Å². The minimum absolute atomic E-state index is 0.168. The molecular formula is C17H22FN5. The van der Waals surface area contributed by atoms with E-state index in [0.717, 1.165) is 50.5 Å². The van der Waals surface area contributed by atoms with Gasteiger partial charge in [-0.25, -0.2) is 9.37 Å². The number of benzene rings is 1. The van der Waals surface area contributed by atoms with Crippen molar-refractivity contribution in [3.63, 3.8) is 0 Å². The van der Waals surface area contributed by atoms with Crippen molar-refractivity contribution in [3.05, 3.63) is 42.2 Å². The van der Waals surface area contributed by atoms with Crippen molar-refractivity contribution in [2.75, 3.05) is 31.1 Å². The van der Waals surface area contributed by atoms with Gasteiger partial charge in [-0.3, -0.25) is 10.00 Å². The van der Waals surface area contributed by atoms with E-state index in [1.165, 1.54) is 6.42 Å². The molecule has 1 atom stereocenters. The van der Waals surface area contributed by atoms with Crippen LogP contribution in [0.15, 0.2) is 30.6 Å². The van der Waals surface area contributed by atoms with Gasteiger partial charge in [0.15, 0.2) is 0 Å². The monoisotopic (exact) mass is 315 g/mol. The zero-order valence-corrected chi connectivity index (χ0v) is 13.2. The second-order valence-corrected chi connectivity index (χ2v) is 6.55. The molecule has 0 bridgehead atoms. The molecule has 2 fully saturated rings. The van der Waals surface area contributed by atoms with Gasteiger partial charge < -0.3 is 4.90 Å². The zero-order chi connectivity index (χ0) is 15.6. The van der Waals surface area contributed by atoms with Crippen molar-refractivity contribution in [2.24, 2.45) is 0 Å². The second-order valence-electron chi connectivity index (χ2n) is 6.55. The molecule has 122 valence electrons. The fourth-order valence-electron chi connectivity index (χ4n) is 3.88. The van der Waals surface area contributed by atoms with E-state index < -0.39 is 0 Å². The molecule has 6 heteroatoms. The number of anilines is 1. The molecule has 1 aromatic heterocycles. The molecule has 2 saturated heterocycles. The molecule has 0 aliphatic carbocycles. The van der Waals surface area contributed by atoms with Crippen molar-refractivity contribution < 1.29 is 4.39 Å². The van der Waals surface area contributed by atoms with Gasteiger partial charge in [0.2, 0.25) is 0 Å². The summed E-state index contributed by atoms with van der Waals surface area (Å²) >= 11 is 0. The number of likely N-dealkylation sites (tertiary alicyclic amines) is 1. The maximum atomic E-state index is 13.1. The van der Waals surface area contributed by atoms with E-state index >= 15 is 0 Å². The molecule has 23 heavy (non-hydrogen) atoms. The van der Waals surface area contributed by atoms with Crippen LogP contribution >= 0.6 is 0 Å². The third-order valence-corrected chi connectivity index (χ3v) is 5.22. The SMILES string of the molecule is Fc1ccc(N2CC[C@H](N3CCC(c4ncn[nH]4)CC3)C2)cc1. The Morgan fingerprint density at radius 1 is 1.04 bits per heavy atom. The Kier molecular flexibility index (Phi) is 3.99. The first-order valence-electron chi connectivity index (χ1n) is 8.39. The van der Waals surface area contributed by atoms with E-state index in [-0.39, 0.29) is 5.82 Å². The number of piperidine rings is 1. The Morgan fingerprint density at radius 3 is 2.52 bits per heavy atom. The van der Waals surface area contributed by atoms with Crippen LogP contribution in [0.25, 0.3) is 0 Å². The number of halogens is 1. The lowest BCUT2D eigenvalue weighted by Crippen LogP contribution is -2.42. The predicted octanol–water partition coefficient (Wildman–Crippen LogP) is 2.40. The van der Waals surface area contributed by atoms with Gasteiger partial charge in [-0.05, 0) is 56.6 Å². The van der Waals surface area contributed by atoms with E-state index in [1.54, 1.807) is 18.5 Å². The highest BCUT2D eigenvalue weighted by atomic mass is 19.1. The summed E-state index contributed by atoms with van der Waals surface area (Å²) in [5.74, 6) is 1.38. The molecule has 0 unspecified atom stereocenters. The van der Waals surface area contributed by atoms with Gasteiger partial charge in [0.25, 0.3) is 0 Å². The van der Waals surface area contributed by atoms with Crippen molar-refractivity contribution in [2.45, 2.75) is 31.2 Å². The van der Waals surface area contributed by atoms with E-state index in [1.807, 2.05) is 12.1 Å². The minimum Gasteiger partial charge on any atom is -0.370 e. The summed E-state index contributed by atoms with van der Waals surface area (Å²) in [6, 6.07) is 7.47. The maximum absolute atomic E-state index is 13.1. The third-order valence-electron chi connectivity index (χ3n) is 5.22. The molecule has 3 heterocycles. The van der Waals surface area contributed by atoms with Gasteiger partial charge >= 0.3 is 0 Å². The van der Waals surface area contributed by atoms with Crippen molar-refractivity contribution in [1.82, 2.24) is 20.1 Å². The molecular weight excluding hydrogens is 293 g/mol. The first-order valence-corrected chi connectivity index (χ1v) is 8.39. The van der Waals surface area contributed by atoms with E-state index in [4.69, 9.17) is 0 Å². The molecule has 1 aromatic carbocycles. The number of nitrogens with one attached hydrogen (secondary N) is 1. The predicted molar refractivity (Wildman–Crippen MR) is 86.9 cm³/mol. The van der Waals surface area contributed by atoms with Gasteiger partial charge in [0, 0.05) is 30.7 Å². The van der Waals surface area contributed by atoms with Crippen LogP contribution in [0.2, 0.25) is 0 Å². The van der Waals surface area contributed by atoms with Crippen molar-refractivity contribution in [1.29, 1.82) is 0 Å². The Balaban J connectivity index is 1.33. The van der Waals surface area contributed by atoms with Crippen LogP contribution < -0.4 is 4.90 Å². The lowest BCUT2D eigenvalue weighted by atomic mass is 9.95. The summed E-state index contributed by atoms with van der Waals surface area (Å²) in [6.07, 6.45) is 5.06. The lowest BCUT2D eigenvalue weighted by molar-refractivity contribution is 0.160. The summed E-state index contributed by atoms with van der Waals surface area (Å²) in [6.45, 7) is 4.33. The number of aromatic amines is 1. The van der Waals surface area contributed by atoms with Crippen LogP contribution in [0.5, 0.6) is 0 Å². The Morgan fingerprint density at radius 2 is 1.83 bits per heavy atom. The first kappa shape index (κ1) is 14.6. The highest BCUT2D eigenvalue weighted by Gasteiger charge is 2.31. The van der Waals surface area contributed by atoms with Crippen LogP contribution in [0.3, 0.4) is 0 Å². The molecule has 2 aromatic rings. The molecule has 2 aliphatic rings. The normalized spacial score (nSPS) is 23.5. The average molecular weight is 315 g/mol. The molecule has 5 nitrogen and oxygen atoms in total. The van der Waals surface area contributed by atoms with Gasteiger partial charge in [0.05, 0.1) is 0 Å². The number of aromatic nitrogens is 3. The van der Waals surface area contributed by atoms with Crippen LogP contribution in [0, 0.1) is 5.82 Å². The Bertz CT molecular complexity index is 619. The van der Waals surface area contributed by atoms with Gasteiger partial charge in [-0.15, -0.1) is 0 Å². The van der Waals surface area contributed by atoms with E-state index in [0.29, 0.717) is 12.0 Å². The first-order chi connectivity index (χ1) is 11.3. The van der Waals surface area contributed by atoms with Crippen LogP contribution in [-0.4, -0.2) is 52.3 Å². The Hall–Kier alpha value is -1.95. The van der Waals surface area contributed by atoms with Crippen LogP contribution in [-0.2, 0) is 0 Å². The van der Waals surface area contributed by atoms with Crippen molar-refractivity contribution >= 4 is 5.69 Å². The third kappa shape index (κ3) is 3.08. The van der Waals surface area contributed by atoms with E-state index in [2.05, 4.69) is 25.0 Å². The number of rotatable bonds is 3. The zero-order valence-electron chi connectivity index (χ0n) is 13.2. The van der Waals surface area contributed by atoms with Gasteiger partial charge in [-0.1, -0.05) is 0 Å². The standard InChI is InChI=1S/C17H22FN5/c18-14-1-3-15(4-2-14)23-10-7-16(11-23)22-8-5-13(6-9-22)17-19-12-20-21-17/h1-4,12-13,16H,5-11H2,(H,19,20,21)/t16-/m0/s1. The number of hydrogen-bond acceptors (Lipinski definition) is 4. The maximum Gasteiger partial charge on any atom is 0.137 e. The molecule has 1 N–H and O–H groups in total. The molecule has 0 saturated carbocycles. The summed E-state index contributed by atoms with van der Waals surface area (Å²) < 4.78 is 13.1. The van der Waals surface area contributed by atoms with Crippen LogP contribution in [0.4, 0.5) is 10.1 Å². The highest BCUT2D eigenvalue weighted by molar-refractivity contribution is 5.47. The summed E-state index contributed by atoms with van der Waals surface area (Å²) in [5.41, 5.74) is 1.13. The number of nitrogens with zero attached hydrogens (tertiary/aromatic N) is 4. The topological polar surface area (TPSA) is 48.1 Å². The lowest BCUT2D eigenvalue weighted by Gasteiger charge is -2.35. The molecule has 0 spiro atoms. The highest BCUT2D eigenvalue weighted by Crippen LogP contribution is 2.29. The summed E-state index contributed by atoms with van der Waals surface area (Å²) in [7, 11) is 0. The molecule has 2 aliphatic heterocycles. The van der Waals surface area contributed by atoms with Crippen molar-refractivity contribution in [3.8, 4) is 0 Å². The van der Waals surface area contributed by atoms with E-state index in [9.17, 15) is 4.39 Å².